The van der Waals surface area contributed by atoms with Crippen molar-refractivity contribution >= 4 is 43.5 Å². The lowest BCUT2D eigenvalue weighted by molar-refractivity contribution is 0.256. The van der Waals surface area contributed by atoms with Crippen molar-refractivity contribution in [2.24, 2.45) is 10.1 Å². The first-order chi connectivity index (χ1) is 26.6. The van der Waals surface area contributed by atoms with Crippen LogP contribution < -0.4 is 15.2 Å². The Morgan fingerprint density at radius 3 is 1.57 bits per heavy atom. The molecule has 0 saturated heterocycles. The number of carbonyl (C=O) groups excluding carboxylic acids is 2. The Balaban J connectivity index is 0.000000159. The highest BCUT2D eigenvalue weighted by Gasteiger charge is 2.27. The predicted octanol–water partition coefficient (Wildman–Crippen LogP) is 5.98. The number of fused-ring (bicyclic) bond motifs is 4. The molecule has 300 valence electrons. The van der Waals surface area contributed by atoms with Gasteiger partial charge in [0.2, 0.25) is 26.1 Å². The summed E-state index contributed by atoms with van der Waals surface area (Å²) in [6.07, 6.45) is 18.2. The van der Waals surface area contributed by atoms with Crippen molar-refractivity contribution in [3.63, 3.8) is 0 Å². The Kier molecular flexibility index (Phi) is 12.6. The van der Waals surface area contributed by atoms with Gasteiger partial charge >= 0.3 is 6.03 Å². The lowest BCUT2D eigenvalue weighted by Gasteiger charge is -2.16. The molecule has 0 spiro atoms. The quantitative estimate of drug-likeness (QED) is 0.136. The van der Waals surface area contributed by atoms with E-state index in [4.69, 9.17) is 5.14 Å². The summed E-state index contributed by atoms with van der Waals surface area (Å²) in [5, 5.41) is 16.0. The third-order valence-electron chi connectivity index (χ3n) is 10.6. The third-order valence-corrected chi connectivity index (χ3v) is 12.5. The first-order valence-corrected chi connectivity index (χ1v) is 22.8. The van der Waals surface area contributed by atoms with Gasteiger partial charge in [0.25, 0.3) is 0 Å². The fourth-order valence-electron chi connectivity index (χ4n) is 8.13. The normalized spacial score (nSPS) is 15.2. The Morgan fingerprint density at radius 2 is 1.16 bits per heavy atom. The van der Waals surface area contributed by atoms with E-state index in [-0.39, 0.29) is 23.6 Å². The minimum absolute atomic E-state index is 0.148. The second kappa shape index (κ2) is 17.2. The monoisotopic (exact) mass is 804 g/mol. The molecule has 56 heavy (non-hydrogen) atoms. The van der Waals surface area contributed by atoms with Gasteiger partial charge in [0, 0.05) is 30.2 Å². The van der Waals surface area contributed by atoms with Gasteiger partial charge in [0.1, 0.15) is 11.5 Å². The van der Waals surface area contributed by atoms with Crippen molar-refractivity contribution in [2.75, 3.05) is 5.32 Å². The molecule has 4 aromatic rings. The van der Waals surface area contributed by atoms with Crippen LogP contribution >= 0.6 is 0 Å². The summed E-state index contributed by atoms with van der Waals surface area (Å²) in [4.78, 5) is 26.9. The van der Waals surface area contributed by atoms with Crippen LogP contribution in [-0.2, 0) is 87.7 Å². The molecule has 2 aromatic carbocycles. The summed E-state index contributed by atoms with van der Waals surface area (Å²) >= 11 is 0. The van der Waals surface area contributed by atoms with Crippen LogP contribution in [0.5, 0.6) is 0 Å². The second-order valence-corrected chi connectivity index (χ2v) is 18.9. The Labute approximate surface area is 329 Å². The highest BCUT2D eigenvalue weighted by molar-refractivity contribution is 7.89. The van der Waals surface area contributed by atoms with Crippen LogP contribution in [0.15, 0.2) is 41.7 Å². The van der Waals surface area contributed by atoms with Gasteiger partial charge in [0.05, 0.1) is 17.1 Å². The molecule has 4 N–H and O–H groups in total. The minimum Gasteiger partial charge on any atom is -0.307 e. The summed E-state index contributed by atoms with van der Waals surface area (Å²) < 4.78 is 51.8. The van der Waals surface area contributed by atoms with E-state index < -0.39 is 26.1 Å². The van der Waals surface area contributed by atoms with Crippen molar-refractivity contribution < 1.29 is 26.4 Å². The number of benzene rings is 2. The van der Waals surface area contributed by atoms with E-state index in [1.165, 1.54) is 57.3 Å². The molecule has 0 saturated carbocycles. The van der Waals surface area contributed by atoms with E-state index >= 15 is 0 Å². The summed E-state index contributed by atoms with van der Waals surface area (Å²) in [7, 11) is -7.30. The van der Waals surface area contributed by atoms with E-state index in [0.29, 0.717) is 11.4 Å². The number of aryl methyl sites for hydroxylation is 4. The molecule has 2 aromatic heterocycles. The summed E-state index contributed by atoms with van der Waals surface area (Å²) in [5.74, 6) is -0.530. The number of aliphatic imine (C=N–C) groups is 1. The number of amides is 2. The van der Waals surface area contributed by atoms with Gasteiger partial charge in [-0.3, -0.25) is 9.36 Å². The zero-order chi connectivity index (χ0) is 40.2. The maximum absolute atomic E-state index is 12.5. The number of rotatable bonds is 9. The van der Waals surface area contributed by atoms with Crippen molar-refractivity contribution in [3.8, 4) is 0 Å². The SMILES string of the molecule is CC(C)n1ccc(CS(=O)(=O)NC(=O)Nc2c3c(cc4c2CCC4)CCC3)n1.CC(C)n1ccc(CS(N)(=O)=O)n1.O=C=Nc1c2c(cc3c1CCC3)CCC2. The van der Waals surface area contributed by atoms with E-state index in [0.717, 1.165) is 75.6 Å². The van der Waals surface area contributed by atoms with Crippen LogP contribution in [0.3, 0.4) is 0 Å². The van der Waals surface area contributed by atoms with E-state index in [1.807, 2.05) is 27.7 Å². The second-order valence-electron chi connectivity index (χ2n) is 15.5. The highest BCUT2D eigenvalue weighted by Crippen LogP contribution is 2.40. The molecular formula is C40H52N8O6S2. The number of anilines is 1. The molecule has 0 atom stereocenters. The molecule has 0 unspecified atom stereocenters. The first-order valence-electron chi connectivity index (χ1n) is 19.4. The van der Waals surface area contributed by atoms with Crippen molar-refractivity contribution in [1.82, 2.24) is 24.3 Å². The fourth-order valence-corrected chi connectivity index (χ4v) is 9.65. The lowest BCUT2D eigenvalue weighted by Crippen LogP contribution is -2.35. The maximum atomic E-state index is 12.5. The summed E-state index contributed by atoms with van der Waals surface area (Å²) in [5.41, 5.74) is 13.1. The molecule has 0 radical (unpaired) electrons. The van der Waals surface area contributed by atoms with Gasteiger partial charge in [-0.05, 0) is 161 Å². The molecular weight excluding hydrogens is 753 g/mol. The molecule has 0 aliphatic heterocycles. The van der Waals surface area contributed by atoms with Gasteiger partial charge in [-0.2, -0.15) is 15.2 Å². The van der Waals surface area contributed by atoms with Crippen LogP contribution in [0.2, 0.25) is 0 Å². The van der Waals surface area contributed by atoms with Crippen molar-refractivity contribution in [1.29, 1.82) is 0 Å². The van der Waals surface area contributed by atoms with Gasteiger partial charge in [-0.25, -0.2) is 36.3 Å². The Morgan fingerprint density at radius 1 is 0.732 bits per heavy atom. The van der Waals surface area contributed by atoms with Crippen LogP contribution in [0.25, 0.3) is 0 Å². The van der Waals surface area contributed by atoms with E-state index in [1.54, 1.807) is 40.0 Å². The minimum atomic E-state index is -3.83. The molecule has 2 heterocycles. The number of hydrogen-bond donors (Lipinski definition) is 3. The number of nitrogens with two attached hydrogens (primary N) is 1. The van der Waals surface area contributed by atoms with Crippen molar-refractivity contribution in [3.05, 3.63) is 92.6 Å². The number of aromatic nitrogens is 4. The summed E-state index contributed by atoms with van der Waals surface area (Å²) in [6, 6.07) is 7.62. The molecule has 16 heteroatoms. The maximum Gasteiger partial charge on any atom is 0.332 e. The number of primary sulfonamides is 1. The molecule has 2 amide bonds. The van der Waals surface area contributed by atoms with Gasteiger partial charge in [-0.1, -0.05) is 12.1 Å². The number of carbonyl (C=O) groups is 1. The van der Waals surface area contributed by atoms with Crippen LogP contribution in [0.1, 0.15) is 121 Å². The molecule has 14 nitrogen and oxygen atoms in total. The van der Waals surface area contributed by atoms with Crippen LogP contribution in [0.4, 0.5) is 16.2 Å². The average Bonchev–Trinajstić information content (AvgIpc) is 3.96. The first kappa shape index (κ1) is 41.0. The zero-order valence-corrected chi connectivity index (χ0v) is 34.2. The number of urea groups is 1. The number of isocyanates is 1. The summed E-state index contributed by atoms with van der Waals surface area (Å²) in [6.45, 7) is 7.86. The molecule has 8 rings (SSSR count). The Bertz CT molecular complexity index is 2310. The van der Waals surface area contributed by atoms with Crippen LogP contribution in [0, 0.1) is 0 Å². The van der Waals surface area contributed by atoms with E-state index in [9.17, 15) is 26.4 Å². The Hall–Kier alpha value is -4.63. The van der Waals surface area contributed by atoms with Crippen molar-refractivity contribution in [2.45, 2.75) is 128 Å². The largest absolute Gasteiger partial charge is 0.332 e. The number of sulfonamides is 2. The molecule has 4 aliphatic carbocycles. The topological polar surface area (TPSA) is 200 Å². The molecule has 0 fully saturated rings. The molecule has 4 aliphatic rings. The standard InChI is InChI=1S/C20H26N4O3S.C13H13NO.C7H13N3O2S/c1-13(2)24-10-9-16(22-24)12-28(26,27)23-20(25)21-19-17-7-3-5-14(17)11-15-6-4-8-18(15)19;15-8-14-13-11-5-1-3-9(11)7-10-4-2-6-12(10)13;1-6(2)10-4-3-7(9-10)5-13(8,11)12/h9-11,13H,3-8,12H2,1-2H3,(H2,21,23,25);7H,1-6H2;3-4,6H,5H2,1-2H3,(H2,8,11,12). The van der Waals surface area contributed by atoms with E-state index in [2.05, 4.69) is 37.4 Å². The number of nitrogens with zero attached hydrogens (tertiary/aromatic N) is 5. The third kappa shape index (κ3) is 10.0. The fraction of sp³-hybridized carbons (Fsp3) is 0.500. The van der Waals surface area contributed by atoms with Gasteiger partial charge < -0.3 is 5.32 Å². The average molecular weight is 805 g/mol. The van der Waals surface area contributed by atoms with Crippen LogP contribution in [-0.4, -0.2) is 48.5 Å². The molecule has 0 bridgehead atoms. The number of hydrogen-bond acceptors (Lipinski definition) is 9. The van der Waals surface area contributed by atoms with Gasteiger partial charge in [-0.15, -0.1) is 0 Å². The zero-order valence-electron chi connectivity index (χ0n) is 32.6. The lowest BCUT2D eigenvalue weighted by atomic mass is 9.99. The smallest absolute Gasteiger partial charge is 0.307 e. The van der Waals surface area contributed by atoms with Gasteiger partial charge in [0.15, 0.2) is 0 Å². The number of nitrogens with one attached hydrogen (secondary N) is 2. The predicted molar refractivity (Wildman–Crippen MR) is 216 cm³/mol. The highest BCUT2D eigenvalue weighted by atomic mass is 32.2.